The minimum absolute atomic E-state index is 0.0241. The van der Waals surface area contributed by atoms with Crippen LogP contribution in [-0.4, -0.2) is 147 Å². The molecule has 2 aromatic heterocycles. The Bertz CT molecular complexity index is 1680. The van der Waals surface area contributed by atoms with E-state index in [2.05, 4.69) is 20.2 Å². The van der Waals surface area contributed by atoms with Crippen molar-refractivity contribution >= 4 is 37.8 Å². The third-order valence-electron chi connectivity index (χ3n) is 8.39. The molecule has 4 unspecified atom stereocenters. The molecule has 4 aliphatic rings. The molecule has 4 aliphatic heterocycles. The molecule has 0 aromatic carbocycles. The van der Waals surface area contributed by atoms with Gasteiger partial charge in [-0.05, 0) is 41.5 Å². The summed E-state index contributed by atoms with van der Waals surface area (Å²) >= 11 is 5.83. The van der Waals surface area contributed by atoms with Gasteiger partial charge in [0.15, 0.2) is 24.0 Å². The number of nitrogens with two attached hydrogens (primary N) is 2. The number of ether oxygens (including phenoxy) is 8. The molecule has 0 radical (unpaired) electrons. The van der Waals surface area contributed by atoms with Crippen molar-refractivity contribution in [3.8, 4) is 0 Å². The van der Waals surface area contributed by atoms with Crippen molar-refractivity contribution in [2.24, 2.45) is 11.5 Å². The first-order valence-electron chi connectivity index (χ1n) is 18.0. The van der Waals surface area contributed by atoms with Crippen LogP contribution in [0.1, 0.15) is 75.2 Å². The van der Waals surface area contributed by atoms with E-state index in [4.69, 9.17) is 78.7 Å². The Labute approximate surface area is 337 Å². The largest absolute Gasteiger partial charge is 0.472 e. The first-order valence-corrected chi connectivity index (χ1v) is 22.0. The standard InChI is InChI=1S/C15H24ClN4O8P.C15H25N4O9P/c1-4-23-5-6-24-29(16,22)25-7-9-10-11(28-15(2,3)27-10)14(26-9)20-8-18-13(19-20)12(17)21;1-4-23-5-6-24-29(21,22)25-7-9-10-11(28-15(2,3)27-10)14(26-9)19-8-17-13(18-19)12(16)20/h8-11,14H,4-7H2,1-3H3,(H2,17,21);8-11,14H,4-7H2,1-3H3,(H2,16,20)(H,21,22)/t9-,10+,11?,14-,29?;9-,10+,11?,14-/m11/s1. The van der Waals surface area contributed by atoms with Crippen molar-refractivity contribution in [2.75, 3.05) is 52.9 Å². The molecule has 28 heteroatoms. The number of phosphoric acid groups is 1. The van der Waals surface area contributed by atoms with E-state index in [1.54, 1.807) is 34.6 Å². The predicted octanol–water partition coefficient (Wildman–Crippen LogP) is 1.18. The highest BCUT2D eigenvalue weighted by Crippen LogP contribution is 2.54. The summed E-state index contributed by atoms with van der Waals surface area (Å²) < 4.78 is 92.5. The molecule has 0 bridgehead atoms. The molecule has 6 heterocycles. The van der Waals surface area contributed by atoms with Gasteiger partial charge in [-0.2, -0.15) is 0 Å². The number of primary amides is 2. The Morgan fingerprint density at radius 2 is 1.14 bits per heavy atom. The van der Waals surface area contributed by atoms with Gasteiger partial charge < -0.3 is 54.3 Å². The first-order chi connectivity index (χ1) is 27.2. The summed E-state index contributed by atoms with van der Waals surface area (Å²) in [5, 5.41) is 8.00. The van der Waals surface area contributed by atoms with E-state index in [9.17, 15) is 23.6 Å². The summed E-state index contributed by atoms with van der Waals surface area (Å²) in [6.45, 7) is 7.57. The summed E-state index contributed by atoms with van der Waals surface area (Å²) in [6, 6.07) is 0. The fraction of sp³-hybridized carbons (Fsp3) is 0.800. The maximum Gasteiger partial charge on any atom is 0.472 e. The maximum absolute atomic E-state index is 12.2. The molecule has 10 atom stereocenters. The summed E-state index contributed by atoms with van der Waals surface area (Å²) in [5.41, 5.74) is 10.4. The highest BCUT2D eigenvalue weighted by atomic mass is 35.7. The van der Waals surface area contributed by atoms with Crippen molar-refractivity contribution in [3.05, 3.63) is 24.3 Å². The Balaban J connectivity index is 0.000000221. The van der Waals surface area contributed by atoms with Crippen LogP contribution in [-0.2, 0) is 65.1 Å². The molecule has 0 saturated carbocycles. The topological polar surface area (TPSA) is 313 Å². The average Bonchev–Trinajstić information content (AvgIpc) is 3.99. The van der Waals surface area contributed by atoms with Crippen LogP contribution < -0.4 is 11.5 Å². The van der Waals surface area contributed by atoms with Crippen molar-refractivity contribution in [1.29, 1.82) is 0 Å². The molecule has 25 nitrogen and oxygen atoms in total. The maximum atomic E-state index is 12.2. The zero-order valence-corrected chi connectivity index (χ0v) is 35.1. The SMILES string of the molecule is CCOCCOP(=O)(Cl)OC[C@H]1O[C@@H](n2cnc(C(N)=O)n2)C2OC(C)(C)O[C@H]21.CCOCCOP(=O)(O)OC[C@H]1O[C@@H](n2cnc(C(N)=O)n2)C2OC(C)(C)O[C@H]21. The van der Waals surface area contributed by atoms with E-state index in [1.807, 2.05) is 6.92 Å². The van der Waals surface area contributed by atoms with E-state index in [0.717, 1.165) is 0 Å². The number of nitrogens with zero attached hydrogens (tertiary/aromatic N) is 6. The van der Waals surface area contributed by atoms with Gasteiger partial charge in [-0.25, -0.2) is 28.5 Å². The number of carbonyl (C=O) groups excluding carboxylic acids is 2. The first kappa shape index (κ1) is 46.5. The molecule has 0 aliphatic carbocycles. The van der Waals surface area contributed by atoms with Crippen LogP contribution in [0, 0.1) is 0 Å². The molecule has 58 heavy (non-hydrogen) atoms. The lowest BCUT2D eigenvalue weighted by atomic mass is 10.1. The van der Waals surface area contributed by atoms with Crippen LogP contribution in [0.4, 0.5) is 0 Å². The summed E-state index contributed by atoms with van der Waals surface area (Å²) in [4.78, 5) is 40.0. The van der Waals surface area contributed by atoms with E-state index in [1.165, 1.54) is 22.0 Å². The van der Waals surface area contributed by atoms with Gasteiger partial charge >= 0.3 is 14.8 Å². The average molecular weight is 891 g/mol. The summed E-state index contributed by atoms with van der Waals surface area (Å²) in [6.07, 6.45) is -2.77. The van der Waals surface area contributed by atoms with E-state index >= 15 is 0 Å². The molecule has 2 aromatic rings. The predicted molar refractivity (Wildman–Crippen MR) is 193 cm³/mol. The number of carbonyl (C=O) groups is 2. The molecule has 6 rings (SSSR count). The highest BCUT2D eigenvalue weighted by molar-refractivity contribution is 7.81. The van der Waals surface area contributed by atoms with Crippen LogP contribution in [0.5, 0.6) is 0 Å². The van der Waals surface area contributed by atoms with E-state index in [-0.39, 0.29) is 51.3 Å². The number of aromatic nitrogens is 6. The monoisotopic (exact) mass is 890 g/mol. The lowest BCUT2D eigenvalue weighted by Gasteiger charge is -2.24. The number of amides is 2. The van der Waals surface area contributed by atoms with Gasteiger partial charge in [-0.15, -0.1) is 10.2 Å². The molecule has 4 saturated heterocycles. The molecule has 4 fully saturated rings. The van der Waals surface area contributed by atoms with Crippen LogP contribution in [0.3, 0.4) is 0 Å². The molecule has 5 N–H and O–H groups in total. The van der Waals surface area contributed by atoms with Crippen molar-refractivity contribution in [3.63, 3.8) is 0 Å². The highest BCUT2D eigenvalue weighted by Gasteiger charge is 2.58. The van der Waals surface area contributed by atoms with Gasteiger partial charge in [-0.3, -0.25) is 27.7 Å². The second kappa shape index (κ2) is 19.4. The number of halogens is 1. The van der Waals surface area contributed by atoms with Crippen LogP contribution in [0.2, 0.25) is 0 Å². The van der Waals surface area contributed by atoms with Gasteiger partial charge in [0.1, 0.15) is 49.3 Å². The number of phosphoric ester groups is 1. The Hall–Kier alpha value is -2.55. The van der Waals surface area contributed by atoms with Crippen LogP contribution >= 0.6 is 26.0 Å². The molecule has 328 valence electrons. The fourth-order valence-electron chi connectivity index (χ4n) is 6.14. The molecular weight excluding hydrogens is 842 g/mol. The Kier molecular flexibility index (Phi) is 15.6. The number of hydrogen-bond donors (Lipinski definition) is 3. The van der Waals surface area contributed by atoms with Crippen molar-refractivity contribution in [2.45, 2.75) is 102 Å². The zero-order chi connectivity index (χ0) is 42.5. The van der Waals surface area contributed by atoms with Gasteiger partial charge in [0, 0.05) is 24.5 Å². The fourth-order valence-corrected chi connectivity index (χ4v) is 7.93. The third-order valence-corrected chi connectivity index (χ3v) is 10.9. The minimum atomic E-state index is -4.31. The second-order valence-electron chi connectivity index (χ2n) is 13.6. The van der Waals surface area contributed by atoms with Gasteiger partial charge in [0.25, 0.3) is 11.8 Å². The van der Waals surface area contributed by atoms with Crippen molar-refractivity contribution in [1.82, 2.24) is 29.5 Å². The smallest absolute Gasteiger partial charge is 0.379 e. The Morgan fingerprint density at radius 3 is 1.55 bits per heavy atom. The van der Waals surface area contributed by atoms with E-state index < -0.39 is 87.2 Å². The summed E-state index contributed by atoms with van der Waals surface area (Å²) in [5.74, 6) is -3.69. The normalized spacial score (nSPS) is 30.2. The molecule has 2 amide bonds. The van der Waals surface area contributed by atoms with Gasteiger partial charge in [0.2, 0.25) is 11.6 Å². The summed E-state index contributed by atoms with van der Waals surface area (Å²) in [7, 11) is -4.31. The van der Waals surface area contributed by atoms with Crippen molar-refractivity contribution < 1.29 is 79.6 Å². The zero-order valence-electron chi connectivity index (χ0n) is 32.5. The van der Waals surface area contributed by atoms with E-state index in [0.29, 0.717) is 13.2 Å². The second-order valence-corrected chi connectivity index (χ2v) is 17.7. The molecule has 0 spiro atoms. The van der Waals surface area contributed by atoms with Gasteiger partial charge in [0.05, 0.1) is 39.6 Å². The van der Waals surface area contributed by atoms with Crippen LogP contribution in [0.15, 0.2) is 12.7 Å². The Morgan fingerprint density at radius 1 is 0.724 bits per heavy atom. The quantitative estimate of drug-likeness (QED) is 0.124. The number of hydrogen-bond acceptors (Lipinski definition) is 20. The third kappa shape index (κ3) is 12.3. The lowest BCUT2D eigenvalue weighted by Crippen LogP contribution is -2.32. The van der Waals surface area contributed by atoms with Gasteiger partial charge in [-0.1, -0.05) is 0 Å². The number of fused-ring (bicyclic) bond motifs is 2. The minimum Gasteiger partial charge on any atom is -0.379 e. The lowest BCUT2D eigenvalue weighted by molar-refractivity contribution is -0.201. The molecular formula is C30H49ClN8O17P2. The van der Waals surface area contributed by atoms with Crippen LogP contribution in [0.25, 0.3) is 0 Å². The number of rotatable bonds is 20.